The van der Waals surface area contributed by atoms with Crippen LogP contribution in [-0.2, 0) is 9.53 Å². The van der Waals surface area contributed by atoms with Gasteiger partial charge in [-0.3, -0.25) is 4.79 Å². The second-order valence-corrected chi connectivity index (χ2v) is 15.0. The van der Waals surface area contributed by atoms with Crippen molar-refractivity contribution in [2.75, 3.05) is 7.11 Å². The lowest BCUT2D eigenvalue weighted by Gasteiger charge is -2.72. The number of nitroso groups, excluding NO2 is 1. The quantitative estimate of drug-likeness (QED) is 0.306. The van der Waals surface area contributed by atoms with Crippen molar-refractivity contribution < 1.29 is 14.6 Å². The first kappa shape index (κ1) is 27.3. The predicted molar refractivity (Wildman–Crippen MR) is 147 cm³/mol. The van der Waals surface area contributed by atoms with Crippen molar-refractivity contribution in [3.05, 3.63) is 16.6 Å². The molecule has 1 N–H and O–H groups in total. The molecule has 8 unspecified atom stereocenters. The topological polar surface area (TPSA) is 76.0 Å². The van der Waals surface area contributed by atoms with E-state index in [4.69, 9.17) is 4.74 Å². The molecule has 0 aliphatic heterocycles. The maximum Gasteiger partial charge on any atom is 0.310 e. The second kappa shape index (κ2) is 8.63. The van der Waals surface area contributed by atoms with Crippen molar-refractivity contribution >= 4 is 5.97 Å². The highest BCUT2D eigenvalue weighted by molar-refractivity contribution is 5.76. The summed E-state index contributed by atoms with van der Waals surface area (Å²) in [6.07, 6.45) is 11.1. The maximum absolute atomic E-state index is 12.9. The molecule has 0 radical (unpaired) electrons. The largest absolute Gasteiger partial charge is 0.481 e. The van der Waals surface area contributed by atoms with Crippen molar-refractivity contribution in [1.29, 1.82) is 0 Å². The van der Waals surface area contributed by atoms with Gasteiger partial charge in [0.2, 0.25) is 0 Å². The Hall–Kier alpha value is -1.23. The van der Waals surface area contributed by atoms with Crippen LogP contribution in [0.15, 0.2) is 16.8 Å². The summed E-state index contributed by atoms with van der Waals surface area (Å²) in [6, 6.07) is -0.300. The van der Waals surface area contributed by atoms with Crippen molar-refractivity contribution in [2.45, 2.75) is 118 Å². The van der Waals surface area contributed by atoms with Crippen LogP contribution in [0.4, 0.5) is 0 Å². The number of fused-ring (bicyclic) bond motifs is 7. The minimum atomic E-state index is -0.600. The van der Waals surface area contributed by atoms with Gasteiger partial charge in [0.25, 0.3) is 0 Å². The molecule has 0 spiro atoms. The molecule has 0 aromatic carbocycles. The Labute approximate surface area is 224 Å². The molecule has 12 atom stereocenters. The SMILES string of the molecule is CC[C@]1(C)C2CCC3(C)C(CC=C4C5C(C)[C@H](C)CCC5(C(=O)O)CC[C@]43C)C2(C)CC(OC)[C@H]1N=O. The molecule has 0 saturated heterocycles. The third-order valence-electron chi connectivity index (χ3n) is 14.3. The van der Waals surface area contributed by atoms with Crippen molar-refractivity contribution in [3.8, 4) is 0 Å². The van der Waals surface area contributed by atoms with Crippen molar-refractivity contribution in [3.63, 3.8) is 0 Å². The summed E-state index contributed by atoms with van der Waals surface area (Å²) >= 11 is 0. The van der Waals surface area contributed by atoms with E-state index in [-0.39, 0.29) is 39.7 Å². The molecule has 0 amide bonds. The molecular formula is C32H51NO4. The van der Waals surface area contributed by atoms with Crippen LogP contribution in [0.2, 0.25) is 0 Å². The third kappa shape index (κ3) is 3.21. The standard InChI is InChI=1S/C32H51NO4/c1-9-28(4)23-13-14-31(7)24(29(23,5)18-22(37-8)26(28)33-36)11-10-21-25-20(3)19(2)12-15-32(25,27(34)35)17-16-30(21,31)6/h10,19-20,22-26H,9,11-18H2,1-8H3,(H,34,35)/t19-,20?,22?,23?,24?,25?,26-,28-,29?,30-,31?,32?/m1/s1. The Kier molecular flexibility index (Phi) is 6.38. The molecule has 4 saturated carbocycles. The van der Waals surface area contributed by atoms with Gasteiger partial charge in [0.15, 0.2) is 0 Å². The summed E-state index contributed by atoms with van der Waals surface area (Å²) in [4.78, 5) is 25.1. The van der Waals surface area contributed by atoms with Gasteiger partial charge < -0.3 is 9.84 Å². The number of carboxylic acids is 1. The first-order chi connectivity index (χ1) is 17.3. The monoisotopic (exact) mass is 513 g/mol. The van der Waals surface area contributed by atoms with Crippen LogP contribution in [0.3, 0.4) is 0 Å². The lowest BCUT2D eigenvalue weighted by Crippen LogP contribution is -2.67. The van der Waals surface area contributed by atoms with Crippen LogP contribution in [0.5, 0.6) is 0 Å². The number of nitrogens with zero attached hydrogens (tertiary/aromatic N) is 1. The molecule has 5 rings (SSSR count). The van der Waals surface area contributed by atoms with Gasteiger partial charge in [0.1, 0.15) is 6.04 Å². The number of rotatable bonds is 4. The zero-order valence-electron chi connectivity index (χ0n) is 24.6. The van der Waals surface area contributed by atoms with Gasteiger partial charge in [-0.05, 0) is 109 Å². The molecule has 0 heterocycles. The van der Waals surface area contributed by atoms with E-state index in [2.05, 4.69) is 59.7 Å². The van der Waals surface area contributed by atoms with E-state index in [9.17, 15) is 14.8 Å². The summed E-state index contributed by atoms with van der Waals surface area (Å²) < 4.78 is 6.01. The number of hydrogen-bond acceptors (Lipinski definition) is 4. The van der Waals surface area contributed by atoms with Gasteiger partial charge in [-0.2, -0.15) is 4.91 Å². The molecule has 5 nitrogen and oxygen atoms in total. The first-order valence-corrected chi connectivity index (χ1v) is 15.1. The Bertz CT molecular complexity index is 993. The van der Waals surface area contributed by atoms with Crippen LogP contribution < -0.4 is 0 Å². The molecule has 0 aromatic heterocycles. The van der Waals surface area contributed by atoms with Gasteiger partial charge in [-0.25, -0.2) is 0 Å². The molecule has 4 fully saturated rings. The maximum atomic E-state index is 12.9. The summed E-state index contributed by atoms with van der Waals surface area (Å²) in [5.74, 6) is 1.43. The van der Waals surface area contributed by atoms with Crippen molar-refractivity contribution in [2.24, 2.45) is 61.8 Å². The van der Waals surface area contributed by atoms with Crippen LogP contribution in [0.25, 0.3) is 0 Å². The minimum Gasteiger partial charge on any atom is -0.481 e. The molecule has 5 aliphatic rings. The fourth-order valence-electron chi connectivity index (χ4n) is 11.6. The van der Waals surface area contributed by atoms with Gasteiger partial charge >= 0.3 is 5.97 Å². The number of allylic oxidation sites excluding steroid dienone is 2. The van der Waals surface area contributed by atoms with E-state index >= 15 is 0 Å². The van der Waals surface area contributed by atoms with Crippen LogP contribution in [0.1, 0.15) is 106 Å². The number of ether oxygens (including phenoxy) is 1. The van der Waals surface area contributed by atoms with Crippen LogP contribution in [0, 0.1) is 61.6 Å². The number of hydrogen-bond donors (Lipinski definition) is 1. The third-order valence-corrected chi connectivity index (χ3v) is 14.3. The molecule has 37 heavy (non-hydrogen) atoms. The highest BCUT2D eigenvalue weighted by Gasteiger charge is 2.71. The average Bonchev–Trinajstić information content (AvgIpc) is 2.86. The molecule has 0 bridgehead atoms. The van der Waals surface area contributed by atoms with Crippen molar-refractivity contribution in [1.82, 2.24) is 0 Å². The second-order valence-electron chi connectivity index (χ2n) is 15.0. The highest BCUT2D eigenvalue weighted by Crippen LogP contribution is 2.76. The van der Waals surface area contributed by atoms with E-state index < -0.39 is 11.4 Å². The van der Waals surface area contributed by atoms with Gasteiger partial charge in [0, 0.05) is 7.11 Å². The minimum absolute atomic E-state index is 0.00375. The molecular weight excluding hydrogens is 462 g/mol. The molecule has 0 aromatic rings. The summed E-state index contributed by atoms with van der Waals surface area (Å²) in [7, 11) is 1.75. The number of carboxylic acid groups (broad SMARTS) is 1. The Morgan fingerprint density at radius 2 is 1.78 bits per heavy atom. The summed E-state index contributed by atoms with van der Waals surface area (Å²) in [5.41, 5.74) is 0.867. The average molecular weight is 514 g/mol. The molecule has 5 heteroatoms. The fourth-order valence-corrected chi connectivity index (χ4v) is 11.6. The lowest BCUT2D eigenvalue weighted by atomic mass is 9.33. The van der Waals surface area contributed by atoms with Crippen LogP contribution in [-0.4, -0.2) is 30.3 Å². The number of methoxy groups -OCH3 is 1. The zero-order valence-corrected chi connectivity index (χ0v) is 24.6. The Balaban J connectivity index is 1.63. The van der Waals surface area contributed by atoms with E-state index in [1.165, 1.54) is 5.57 Å². The number of carbonyl (C=O) groups is 1. The Morgan fingerprint density at radius 1 is 1.08 bits per heavy atom. The summed E-state index contributed by atoms with van der Waals surface area (Å²) in [6.45, 7) is 16.7. The first-order valence-electron chi connectivity index (χ1n) is 15.1. The zero-order chi connectivity index (χ0) is 27.2. The van der Waals surface area contributed by atoms with E-state index in [0.29, 0.717) is 23.7 Å². The smallest absolute Gasteiger partial charge is 0.310 e. The van der Waals surface area contributed by atoms with E-state index in [1.807, 2.05) is 0 Å². The summed E-state index contributed by atoms with van der Waals surface area (Å²) in [5, 5.41) is 14.3. The van der Waals surface area contributed by atoms with Gasteiger partial charge in [0.05, 0.1) is 11.5 Å². The number of aliphatic carboxylic acids is 1. The lowest BCUT2D eigenvalue weighted by molar-refractivity contribution is -0.213. The van der Waals surface area contributed by atoms with E-state index in [1.54, 1.807) is 7.11 Å². The fraction of sp³-hybridized carbons (Fsp3) is 0.906. The van der Waals surface area contributed by atoms with Crippen LogP contribution >= 0.6 is 0 Å². The van der Waals surface area contributed by atoms with Gasteiger partial charge in [-0.15, -0.1) is 0 Å². The molecule has 208 valence electrons. The highest BCUT2D eigenvalue weighted by atomic mass is 16.5. The normalized spacial score (nSPS) is 55.1. The van der Waals surface area contributed by atoms with E-state index in [0.717, 1.165) is 57.8 Å². The predicted octanol–water partition coefficient (Wildman–Crippen LogP) is 7.88. The molecule has 5 aliphatic carbocycles. The van der Waals surface area contributed by atoms with Gasteiger partial charge in [-0.1, -0.05) is 65.3 Å². The Morgan fingerprint density at radius 3 is 2.38 bits per heavy atom.